The first-order valence-electron chi connectivity index (χ1n) is 9.56. The molecule has 2 aliphatic rings. The fourth-order valence-electron chi connectivity index (χ4n) is 4.26. The van der Waals surface area contributed by atoms with Crippen molar-refractivity contribution in [2.45, 2.75) is 18.9 Å². The van der Waals surface area contributed by atoms with E-state index in [4.69, 9.17) is 4.74 Å². The van der Waals surface area contributed by atoms with Gasteiger partial charge in [0.2, 0.25) is 5.43 Å². The third-order valence-electron chi connectivity index (χ3n) is 5.93. The van der Waals surface area contributed by atoms with Crippen molar-refractivity contribution in [3.05, 3.63) is 33.9 Å². The van der Waals surface area contributed by atoms with Crippen LogP contribution in [0.5, 0.6) is 5.75 Å². The molecular weight excluding hydrogens is 383 g/mol. The topological polar surface area (TPSA) is 112 Å². The second-order valence-electron chi connectivity index (χ2n) is 7.74. The minimum atomic E-state index is -1.36. The Morgan fingerprint density at radius 1 is 1.24 bits per heavy atom. The van der Waals surface area contributed by atoms with Gasteiger partial charge in [-0.25, -0.2) is 9.18 Å². The summed E-state index contributed by atoms with van der Waals surface area (Å²) in [6.07, 6.45) is 2.97. The molecule has 1 saturated heterocycles. The number of hydrogen-bond acceptors (Lipinski definition) is 6. The average Bonchev–Trinajstić information content (AvgIpc) is 3.46. The summed E-state index contributed by atoms with van der Waals surface area (Å²) in [5.74, 6) is -2.31. The third kappa shape index (κ3) is 3.14. The number of fused-ring (bicyclic) bond motifs is 1. The summed E-state index contributed by atoms with van der Waals surface area (Å²) in [6, 6.07) is 1.10. The number of halogens is 1. The number of aromatic carboxylic acids is 1. The average molecular weight is 406 g/mol. The summed E-state index contributed by atoms with van der Waals surface area (Å²) < 4.78 is 22.4. The van der Waals surface area contributed by atoms with Crippen LogP contribution in [0.1, 0.15) is 29.2 Å². The highest BCUT2D eigenvalue weighted by Crippen LogP contribution is 2.45. The van der Waals surface area contributed by atoms with Crippen LogP contribution in [-0.2, 0) is 0 Å². The molecule has 4 rings (SSSR count). The van der Waals surface area contributed by atoms with Crippen molar-refractivity contribution in [3.63, 3.8) is 0 Å². The lowest BCUT2D eigenvalue weighted by atomic mass is 9.98. The number of hydrogen-bond donors (Lipinski definition) is 3. The highest BCUT2D eigenvalue weighted by Gasteiger charge is 2.36. The first-order chi connectivity index (χ1) is 13.9. The zero-order valence-corrected chi connectivity index (χ0v) is 16.0. The summed E-state index contributed by atoms with van der Waals surface area (Å²) in [6.45, 7) is 0.407. The Morgan fingerprint density at radius 2 is 1.86 bits per heavy atom. The molecule has 0 unspecified atom stereocenters. The maximum Gasteiger partial charge on any atom is 0.341 e. The minimum Gasteiger partial charge on any atom is -0.492 e. The van der Waals surface area contributed by atoms with Crippen LogP contribution in [0.3, 0.4) is 0 Å². The van der Waals surface area contributed by atoms with Gasteiger partial charge in [-0.1, -0.05) is 0 Å². The van der Waals surface area contributed by atoms with E-state index in [0.29, 0.717) is 18.6 Å². The fraction of sp³-hybridized carbons (Fsp3) is 0.500. The van der Waals surface area contributed by atoms with E-state index in [-0.39, 0.29) is 47.9 Å². The number of carbonyl (C=O) groups is 1. The van der Waals surface area contributed by atoms with Gasteiger partial charge in [0.25, 0.3) is 0 Å². The molecular formula is C20H23FN2O6. The quantitative estimate of drug-likeness (QED) is 0.661. The number of aliphatic hydroxyl groups excluding tert-OH is 2. The molecule has 1 aromatic carbocycles. The molecule has 9 heteroatoms. The molecule has 0 spiro atoms. The summed E-state index contributed by atoms with van der Waals surface area (Å²) in [4.78, 5) is 25.9. The third-order valence-corrected chi connectivity index (χ3v) is 5.93. The molecule has 1 saturated carbocycles. The molecule has 2 aromatic rings. The van der Waals surface area contributed by atoms with Crippen LogP contribution in [0, 0.1) is 17.7 Å². The highest BCUT2D eigenvalue weighted by molar-refractivity contribution is 5.97. The molecule has 8 nitrogen and oxygen atoms in total. The molecule has 156 valence electrons. The molecule has 2 fully saturated rings. The second-order valence-corrected chi connectivity index (χ2v) is 7.74. The summed E-state index contributed by atoms with van der Waals surface area (Å²) in [7, 11) is 1.38. The normalized spacial score (nSPS) is 21.7. The Morgan fingerprint density at radius 3 is 2.34 bits per heavy atom. The number of aliphatic hydroxyl groups is 2. The van der Waals surface area contributed by atoms with E-state index in [2.05, 4.69) is 0 Å². The molecule has 0 bridgehead atoms. The molecule has 29 heavy (non-hydrogen) atoms. The van der Waals surface area contributed by atoms with Gasteiger partial charge >= 0.3 is 5.97 Å². The lowest BCUT2D eigenvalue weighted by Crippen LogP contribution is -2.24. The predicted molar refractivity (Wildman–Crippen MR) is 103 cm³/mol. The Hall–Kier alpha value is -2.65. The number of anilines is 1. The number of pyridine rings is 1. The van der Waals surface area contributed by atoms with Gasteiger partial charge in [0, 0.05) is 50.4 Å². The van der Waals surface area contributed by atoms with E-state index in [0.717, 1.165) is 18.9 Å². The van der Waals surface area contributed by atoms with Crippen LogP contribution in [0.15, 0.2) is 17.1 Å². The summed E-state index contributed by atoms with van der Waals surface area (Å²) in [5.41, 5.74) is -0.628. The zero-order valence-electron chi connectivity index (χ0n) is 16.0. The van der Waals surface area contributed by atoms with Crippen molar-refractivity contribution in [1.29, 1.82) is 0 Å². The number of benzene rings is 1. The number of rotatable bonds is 6. The van der Waals surface area contributed by atoms with Gasteiger partial charge in [0.15, 0.2) is 11.6 Å². The Kier molecular flexibility index (Phi) is 4.95. The Bertz CT molecular complexity index is 1020. The summed E-state index contributed by atoms with van der Waals surface area (Å²) >= 11 is 0. The number of aromatic nitrogens is 1. The van der Waals surface area contributed by atoms with Crippen molar-refractivity contribution in [3.8, 4) is 5.75 Å². The molecule has 1 aromatic heterocycles. The number of carboxylic acid groups (broad SMARTS) is 1. The molecule has 1 aliphatic carbocycles. The van der Waals surface area contributed by atoms with Crippen LogP contribution < -0.4 is 15.1 Å². The summed E-state index contributed by atoms with van der Waals surface area (Å²) in [5, 5.41) is 28.5. The smallest absolute Gasteiger partial charge is 0.341 e. The van der Waals surface area contributed by atoms with Gasteiger partial charge in [-0.3, -0.25) is 4.79 Å². The van der Waals surface area contributed by atoms with E-state index in [1.807, 2.05) is 0 Å². The highest BCUT2D eigenvalue weighted by atomic mass is 19.1. The van der Waals surface area contributed by atoms with Crippen molar-refractivity contribution < 1.29 is 29.2 Å². The maximum absolute atomic E-state index is 15.2. The van der Waals surface area contributed by atoms with Crippen molar-refractivity contribution in [2.75, 3.05) is 38.3 Å². The SMILES string of the molecule is COc1c(N2C[C@@H](CO)[C@@H](CO)C2)c(F)cc2c(=O)c(C(=O)O)cn(C3CC3)c12. The number of ether oxygens (including phenoxy) is 1. The van der Waals surface area contributed by atoms with Crippen LogP contribution in [0.25, 0.3) is 10.9 Å². The van der Waals surface area contributed by atoms with Crippen LogP contribution in [0.2, 0.25) is 0 Å². The van der Waals surface area contributed by atoms with Gasteiger partial charge in [0.1, 0.15) is 11.3 Å². The standard InChI is InChI=1S/C20H23FN2O6/c1-29-19-16-13(18(26)14(20(27)28)7-23(16)12-2-3-12)4-15(21)17(19)22-5-10(8-24)11(6-22)9-25/h4,7,10-12,24-25H,2-3,5-6,8-9H2,1H3,(H,27,28)/t10-,11+. The fourth-order valence-corrected chi connectivity index (χ4v) is 4.26. The predicted octanol–water partition coefficient (Wildman–Crippen LogP) is 1.22. The lowest BCUT2D eigenvalue weighted by molar-refractivity contribution is 0.0694. The molecule has 2 heterocycles. The van der Waals surface area contributed by atoms with Crippen molar-refractivity contribution in [2.24, 2.45) is 11.8 Å². The van der Waals surface area contributed by atoms with Crippen LogP contribution >= 0.6 is 0 Å². The van der Waals surface area contributed by atoms with E-state index in [1.54, 1.807) is 9.47 Å². The van der Waals surface area contributed by atoms with E-state index < -0.39 is 22.8 Å². The van der Waals surface area contributed by atoms with E-state index >= 15 is 4.39 Å². The van der Waals surface area contributed by atoms with Gasteiger partial charge in [-0.15, -0.1) is 0 Å². The zero-order chi connectivity index (χ0) is 20.9. The van der Waals surface area contributed by atoms with Crippen molar-refractivity contribution >= 4 is 22.6 Å². The Balaban J connectivity index is 1.97. The second kappa shape index (κ2) is 7.31. The Labute approximate surface area is 165 Å². The van der Waals surface area contributed by atoms with E-state index in [9.17, 15) is 24.9 Å². The molecule has 2 atom stereocenters. The molecule has 1 aliphatic heterocycles. The number of methoxy groups -OCH3 is 1. The van der Waals surface area contributed by atoms with Crippen LogP contribution in [0.4, 0.5) is 10.1 Å². The van der Waals surface area contributed by atoms with Gasteiger partial charge in [-0.2, -0.15) is 0 Å². The molecule has 0 radical (unpaired) electrons. The largest absolute Gasteiger partial charge is 0.492 e. The maximum atomic E-state index is 15.2. The van der Waals surface area contributed by atoms with Crippen LogP contribution in [-0.4, -0.2) is 59.3 Å². The first-order valence-corrected chi connectivity index (χ1v) is 9.56. The van der Waals surface area contributed by atoms with Crippen molar-refractivity contribution in [1.82, 2.24) is 4.57 Å². The monoisotopic (exact) mass is 406 g/mol. The number of nitrogens with zero attached hydrogens (tertiary/aromatic N) is 2. The van der Waals surface area contributed by atoms with E-state index in [1.165, 1.54) is 13.3 Å². The first kappa shape index (κ1) is 19.7. The molecule has 0 amide bonds. The van der Waals surface area contributed by atoms with Gasteiger partial charge in [-0.05, 0) is 18.9 Å². The lowest BCUT2D eigenvalue weighted by Gasteiger charge is -2.24. The van der Waals surface area contributed by atoms with Gasteiger partial charge < -0.3 is 29.5 Å². The number of carboxylic acids is 1. The minimum absolute atomic E-state index is 0.0253. The molecule has 3 N–H and O–H groups in total. The van der Waals surface area contributed by atoms with Gasteiger partial charge in [0.05, 0.1) is 18.0 Å².